The zero-order chi connectivity index (χ0) is 13.3. The van der Waals surface area contributed by atoms with Crippen molar-refractivity contribution < 1.29 is 14.7 Å². The average Bonchev–Trinajstić information content (AvgIpc) is 3.13. The van der Waals surface area contributed by atoms with Crippen molar-refractivity contribution in [2.24, 2.45) is 5.92 Å². The molecular weight excluding hydrogens is 256 g/mol. The normalized spacial score (nSPS) is 16.1. The molecular formula is C12H13ClN2O3. The fourth-order valence-corrected chi connectivity index (χ4v) is 1.88. The van der Waals surface area contributed by atoms with E-state index in [1.165, 1.54) is 18.2 Å². The van der Waals surface area contributed by atoms with Crippen LogP contribution < -0.4 is 11.1 Å². The fraction of sp³-hybridized carbons (Fsp3) is 0.333. The minimum Gasteiger partial charge on any atom is -0.480 e. The van der Waals surface area contributed by atoms with Crippen LogP contribution in [0.1, 0.15) is 23.2 Å². The number of carboxylic acids is 1. The van der Waals surface area contributed by atoms with E-state index in [0.717, 1.165) is 12.8 Å². The predicted molar refractivity (Wildman–Crippen MR) is 67.5 cm³/mol. The minimum atomic E-state index is -1.01. The molecule has 0 saturated heterocycles. The molecule has 18 heavy (non-hydrogen) atoms. The fourth-order valence-electron chi connectivity index (χ4n) is 1.70. The van der Waals surface area contributed by atoms with Gasteiger partial charge in [-0.15, -0.1) is 0 Å². The van der Waals surface area contributed by atoms with E-state index in [1.807, 2.05) is 0 Å². The van der Waals surface area contributed by atoms with Crippen LogP contribution in [0, 0.1) is 5.92 Å². The lowest BCUT2D eigenvalue weighted by atomic mass is 10.1. The summed E-state index contributed by atoms with van der Waals surface area (Å²) in [7, 11) is 0. The molecule has 1 aromatic carbocycles. The Morgan fingerprint density at radius 3 is 2.61 bits per heavy atom. The second-order valence-corrected chi connectivity index (χ2v) is 4.77. The molecule has 0 spiro atoms. The van der Waals surface area contributed by atoms with E-state index < -0.39 is 17.9 Å². The van der Waals surface area contributed by atoms with Crippen molar-refractivity contribution >= 4 is 29.2 Å². The van der Waals surface area contributed by atoms with Crippen LogP contribution in [0.3, 0.4) is 0 Å². The number of benzene rings is 1. The number of hydrogen-bond acceptors (Lipinski definition) is 3. The number of amides is 1. The van der Waals surface area contributed by atoms with Gasteiger partial charge >= 0.3 is 5.97 Å². The first-order chi connectivity index (χ1) is 8.49. The molecule has 1 unspecified atom stereocenters. The van der Waals surface area contributed by atoms with Crippen LogP contribution >= 0.6 is 11.6 Å². The van der Waals surface area contributed by atoms with Gasteiger partial charge in [0, 0.05) is 5.56 Å². The van der Waals surface area contributed by atoms with E-state index in [1.54, 1.807) is 0 Å². The number of hydrogen-bond donors (Lipinski definition) is 3. The van der Waals surface area contributed by atoms with Crippen LogP contribution in [-0.2, 0) is 4.79 Å². The molecule has 0 heterocycles. The molecule has 96 valence electrons. The maximum Gasteiger partial charge on any atom is 0.326 e. The highest BCUT2D eigenvalue weighted by atomic mass is 35.5. The van der Waals surface area contributed by atoms with E-state index in [4.69, 9.17) is 22.4 Å². The molecule has 0 aliphatic heterocycles. The summed E-state index contributed by atoms with van der Waals surface area (Å²) in [5, 5.41) is 11.8. The van der Waals surface area contributed by atoms with Crippen molar-refractivity contribution in [3.8, 4) is 0 Å². The van der Waals surface area contributed by atoms with E-state index in [0.29, 0.717) is 11.3 Å². The van der Waals surface area contributed by atoms with Gasteiger partial charge in [-0.1, -0.05) is 11.6 Å². The van der Waals surface area contributed by atoms with E-state index >= 15 is 0 Å². The summed E-state index contributed by atoms with van der Waals surface area (Å²) < 4.78 is 0. The molecule has 0 bridgehead atoms. The standard InChI is InChI=1S/C12H13ClN2O3/c13-8-5-7(3-4-9(8)14)11(16)15-10(12(17)18)6-1-2-6/h3-6,10H,1-2,14H2,(H,15,16)(H,17,18). The number of rotatable bonds is 4. The summed E-state index contributed by atoms with van der Waals surface area (Å²) in [6, 6.07) is 3.64. The number of carbonyl (C=O) groups excluding carboxylic acids is 1. The molecule has 1 saturated carbocycles. The first kappa shape index (κ1) is 12.7. The Morgan fingerprint density at radius 1 is 1.44 bits per heavy atom. The topological polar surface area (TPSA) is 92.4 Å². The highest BCUT2D eigenvalue weighted by Crippen LogP contribution is 2.33. The maximum absolute atomic E-state index is 11.9. The number of aliphatic carboxylic acids is 1. The number of carbonyl (C=O) groups is 2. The highest BCUT2D eigenvalue weighted by molar-refractivity contribution is 6.33. The minimum absolute atomic E-state index is 0.0377. The SMILES string of the molecule is Nc1ccc(C(=O)NC(C(=O)O)C2CC2)cc1Cl. The molecule has 0 aromatic heterocycles. The average molecular weight is 269 g/mol. The van der Waals surface area contributed by atoms with Crippen LogP contribution in [-0.4, -0.2) is 23.0 Å². The van der Waals surface area contributed by atoms with Crippen molar-refractivity contribution in [2.45, 2.75) is 18.9 Å². The molecule has 5 nitrogen and oxygen atoms in total. The van der Waals surface area contributed by atoms with Gasteiger partial charge in [0.15, 0.2) is 0 Å². The Kier molecular flexibility index (Phi) is 3.43. The Morgan fingerprint density at radius 2 is 2.11 bits per heavy atom. The number of nitrogen functional groups attached to an aromatic ring is 1. The summed E-state index contributed by atoms with van der Waals surface area (Å²) >= 11 is 5.81. The lowest BCUT2D eigenvalue weighted by Gasteiger charge is -2.13. The Hall–Kier alpha value is -1.75. The van der Waals surface area contributed by atoms with Crippen molar-refractivity contribution in [1.82, 2.24) is 5.32 Å². The quantitative estimate of drug-likeness (QED) is 0.722. The van der Waals surface area contributed by atoms with Gasteiger partial charge in [0.25, 0.3) is 5.91 Å². The highest BCUT2D eigenvalue weighted by Gasteiger charge is 2.37. The van der Waals surface area contributed by atoms with E-state index in [2.05, 4.69) is 5.32 Å². The van der Waals surface area contributed by atoms with E-state index in [-0.39, 0.29) is 10.9 Å². The third-order valence-corrected chi connectivity index (χ3v) is 3.24. The van der Waals surface area contributed by atoms with Gasteiger partial charge in [0.1, 0.15) is 6.04 Å². The zero-order valence-corrected chi connectivity index (χ0v) is 10.3. The number of halogens is 1. The lowest BCUT2D eigenvalue weighted by Crippen LogP contribution is -2.42. The second kappa shape index (κ2) is 4.86. The summed E-state index contributed by atoms with van der Waals surface area (Å²) in [5.41, 5.74) is 6.23. The monoisotopic (exact) mass is 268 g/mol. The van der Waals surface area contributed by atoms with Crippen molar-refractivity contribution in [2.75, 3.05) is 5.73 Å². The molecule has 1 fully saturated rings. The van der Waals surface area contributed by atoms with Gasteiger partial charge in [0.2, 0.25) is 0 Å². The maximum atomic E-state index is 11.9. The van der Waals surface area contributed by atoms with Gasteiger partial charge in [0.05, 0.1) is 10.7 Å². The van der Waals surface area contributed by atoms with Gasteiger partial charge in [-0.05, 0) is 37.0 Å². The van der Waals surface area contributed by atoms with Crippen LogP contribution in [0.5, 0.6) is 0 Å². The van der Waals surface area contributed by atoms with Gasteiger partial charge in [-0.25, -0.2) is 4.79 Å². The summed E-state index contributed by atoms with van der Waals surface area (Å²) in [6.45, 7) is 0. The predicted octanol–water partition coefficient (Wildman–Crippen LogP) is 1.52. The Labute approximate surface area is 109 Å². The largest absolute Gasteiger partial charge is 0.480 e. The molecule has 1 aromatic rings. The Bertz CT molecular complexity index is 500. The van der Waals surface area contributed by atoms with Gasteiger partial charge < -0.3 is 16.2 Å². The number of carboxylic acid groups (broad SMARTS) is 1. The molecule has 0 radical (unpaired) electrons. The molecule has 1 amide bonds. The van der Waals surface area contributed by atoms with Crippen molar-refractivity contribution in [3.05, 3.63) is 28.8 Å². The molecule has 2 rings (SSSR count). The zero-order valence-electron chi connectivity index (χ0n) is 9.52. The van der Waals surface area contributed by atoms with Crippen LogP contribution in [0.15, 0.2) is 18.2 Å². The van der Waals surface area contributed by atoms with Gasteiger partial charge in [-0.2, -0.15) is 0 Å². The molecule has 1 aliphatic rings. The van der Waals surface area contributed by atoms with Crippen molar-refractivity contribution in [3.63, 3.8) is 0 Å². The third kappa shape index (κ3) is 2.73. The van der Waals surface area contributed by atoms with Crippen molar-refractivity contribution in [1.29, 1.82) is 0 Å². The summed E-state index contributed by atoms with van der Waals surface area (Å²) in [6.07, 6.45) is 1.67. The second-order valence-electron chi connectivity index (χ2n) is 4.36. The summed E-state index contributed by atoms with van der Waals surface area (Å²) in [5.74, 6) is -1.42. The molecule has 1 aliphatic carbocycles. The Balaban J connectivity index is 2.10. The number of anilines is 1. The molecule has 1 atom stereocenters. The van der Waals surface area contributed by atoms with E-state index in [9.17, 15) is 9.59 Å². The number of nitrogens with one attached hydrogen (secondary N) is 1. The first-order valence-corrected chi connectivity index (χ1v) is 5.95. The lowest BCUT2D eigenvalue weighted by molar-refractivity contribution is -0.139. The molecule has 6 heteroatoms. The van der Waals surface area contributed by atoms with Gasteiger partial charge in [-0.3, -0.25) is 4.79 Å². The number of nitrogens with two attached hydrogens (primary N) is 1. The van der Waals surface area contributed by atoms with Crippen LogP contribution in [0.2, 0.25) is 5.02 Å². The molecule has 4 N–H and O–H groups in total. The van der Waals surface area contributed by atoms with Crippen LogP contribution in [0.25, 0.3) is 0 Å². The third-order valence-electron chi connectivity index (χ3n) is 2.91. The first-order valence-electron chi connectivity index (χ1n) is 5.57. The van der Waals surface area contributed by atoms with Crippen LogP contribution in [0.4, 0.5) is 5.69 Å². The summed E-state index contributed by atoms with van der Waals surface area (Å²) in [4.78, 5) is 22.9. The smallest absolute Gasteiger partial charge is 0.326 e.